The molecule has 1 aromatic heterocycles. The van der Waals surface area contributed by atoms with Gasteiger partial charge in [-0.3, -0.25) is 19.7 Å². The quantitative estimate of drug-likeness (QED) is 0.131. The second kappa shape index (κ2) is 15.7. The fourth-order valence-electron chi connectivity index (χ4n) is 4.46. The van der Waals surface area contributed by atoms with Crippen LogP contribution < -0.4 is 20.9 Å². The van der Waals surface area contributed by atoms with Crippen molar-refractivity contribution in [2.24, 2.45) is 0 Å². The van der Waals surface area contributed by atoms with Gasteiger partial charge in [0.15, 0.2) is 0 Å². The van der Waals surface area contributed by atoms with E-state index in [1.54, 1.807) is 11.7 Å². The molecule has 3 aromatic rings. The Morgan fingerprint density at radius 2 is 1.59 bits per heavy atom. The van der Waals surface area contributed by atoms with Gasteiger partial charge in [-0.25, -0.2) is 15.4 Å². The Hall–Kier alpha value is -4.06. The molecule has 2 heterocycles. The third-order valence-electron chi connectivity index (χ3n) is 6.89. The summed E-state index contributed by atoms with van der Waals surface area (Å²) in [6.07, 6.45) is 5.56. The molecule has 1 fully saturated rings. The minimum Gasteiger partial charge on any atom is -0.494 e. The predicted molar refractivity (Wildman–Crippen MR) is 158 cm³/mol. The van der Waals surface area contributed by atoms with Gasteiger partial charge >= 0.3 is 0 Å². The van der Waals surface area contributed by atoms with E-state index in [1.165, 1.54) is 0 Å². The number of amides is 2. The van der Waals surface area contributed by atoms with E-state index in [0.717, 1.165) is 80.2 Å². The van der Waals surface area contributed by atoms with E-state index in [1.807, 2.05) is 54.6 Å². The van der Waals surface area contributed by atoms with Gasteiger partial charge in [-0.2, -0.15) is 0 Å². The third-order valence-corrected chi connectivity index (χ3v) is 6.89. The van der Waals surface area contributed by atoms with Gasteiger partial charge in [-0.15, -0.1) is 0 Å². The minimum atomic E-state index is -0.347. The zero-order valence-corrected chi connectivity index (χ0v) is 23.5. The van der Waals surface area contributed by atoms with Crippen LogP contribution in [-0.2, 0) is 9.59 Å². The van der Waals surface area contributed by atoms with Gasteiger partial charge < -0.3 is 20.3 Å². The number of piperazine rings is 1. The van der Waals surface area contributed by atoms with Crippen molar-refractivity contribution in [3.05, 3.63) is 60.8 Å². The average molecular weight is 562 g/mol. The number of unbranched alkanes of at least 4 members (excludes halogenated alkanes) is 3. The van der Waals surface area contributed by atoms with E-state index >= 15 is 0 Å². The molecule has 218 valence electrons. The van der Waals surface area contributed by atoms with Crippen LogP contribution in [0.25, 0.3) is 11.3 Å². The van der Waals surface area contributed by atoms with Crippen molar-refractivity contribution in [2.45, 2.75) is 32.1 Å². The lowest BCUT2D eigenvalue weighted by Crippen LogP contribution is -2.47. The smallest absolute Gasteiger partial charge is 0.243 e. The van der Waals surface area contributed by atoms with Crippen LogP contribution in [0.2, 0.25) is 0 Å². The Morgan fingerprint density at radius 3 is 2.32 bits per heavy atom. The monoisotopic (exact) mass is 561 g/mol. The first-order valence-electron chi connectivity index (χ1n) is 14.1. The maximum atomic E-state index is 12.5. The van der Waals surface area contributed by atoms with Gasteiger partial charge in [-0.1, -0.05) is 25.0 Å². The van der Waals surface area contributed by atoms with Crippen molar-refractivity contribution in [3.8, 4) is 17.0 Å². The minimum absolute atomic E-state index is 0.00533. The van der Waals surface area contributed by atoms with Crippen LogP contribution in [0.1, 0.15) is 32.1 Å². The highest BCUT2D eigenvalue weighted by Crippen LogP contribution is 2.23. The summed E-state index contributed by atoms with van der Waals surface area (Å²) in [6, 6.07) is 17.1. The highest BCUT2D eigenvalue weighted by molar-refractivity contribution is 5.92. The first-order valence-corrected chi connectivity index (χ1v) is 14.1. The fourth-order valence-corrected chi connectivity index (χ4v) is 4.46. The predicted octanol–water partition coefficient (Wildman–Crippen LogP) is 3.91. The van der Waals surface area contributed by atoms with Gasteiger partial charge in [0.05, 0.1) is 18.8 Å². The number of aromatic nitrogens is 2. The highest BCUT2D eigenvalue weighted by Gasteiger charge is 2.16. The standard InChI is InChI=1S/C30H39N7O4/c1-36-17-19-37(20-18-36)22-29(39)32-24-9-7-23(8-10-24)27-15-16-31-30(34-27)33-25-11-13-26(14-12-25)41-21-5-3-2-4-6-28(38)35-40/h7-16,40H,2-6,17-22H2,1H3,(H,32,39)(H,35,38)(H,31,33,34). The second-order valence-corrected chi connectivity index (χ2v) is 10.2. The number of hydrogen-bond acceptors (Lipinski definition) is 9. The number of hydroxylamine groups is 1. The molecule has 0 aliphatic carbocycles. The molecule has 0 radical (unpaired) electrons. The van der Waals surface area contributed by atoms with E-state index in [-0.39, 0.29) is 11.8 Å². The molecular formula is C30H39N7O4. The van der Waals surface area contributed by atoms with Crippen LogP contribution in [0.4, 0.5) is 17.3 Å². The number of benzene rings is 2. The van der Waals surface area contributed by atoms with Gasteiger partial charge in [0.2, 0.25) is 17.8 Å². The number of carbonyl (C=O) groups excluding carboxylic acids is 2. The molecule has 1 aliphatic rings. The molecular weight excluding hydrogens is 522 g/mol. The number of likely N-dealkylation sites (N-methyl/N-ethyl adjacent to an activating group) is 1. The van der Waals surface area contributed by atoms with E-state index in [0.29, 0.717) is 25.5 Å². The Bertz CT molecular complexity index is 1250. The number of ether oxygens (including phenoxy) is 1. The SMILES string of the molecule is CN1CCN(CC(=O)Nc2ccc(-c3ccnc(Nc4ccc(OCCCCCCC(=O)NO)cc4)n3)cc2)CC1. The van der Waals surface area contributed by atoms with E-state index in [4.69, 9.17) is 9.94 Å². The molecule has 4 rings (SSSR count). The van der Waals surface area contributed by atoms with Crippen LogP contribution in [0.5, 0.6) is 5.75 Å². The molecule has 11 nitrogen and oxygen atoms in total. The van der Waals surface area contributed by atoms with Crippen molar-refractivity contribution < 1.29 is 19.5 Å². The number of carbonyl (C=O) groups is 2. The molecule has 0 saturated carbocycles. The summed E-state index contributed by atoms with van der Waals surface area (Å²) < 4.78 is 5.80. The number of nitrogens with zero attached hydrogens (tertiary/aromatic N) is 4. The van der Waals surface area contributed by atoms with Crippen LogP contribution in [-0.4, -0.2) is 83.2 Å². The molecule has 4 N–H and O–H groups in total. The van der Waals surface area contributed by atoms with Crippen LogP contribution in [0.15, 0.2) is 60.8 Å². The van der Waals surface area contributed by atoms with Crippen molar-refractivity contribution in [1.82, 2.24) is 25.2 Å². The summed E-state index contributed by atoms with van der Waals surface area (Å²) in [4.78, 5) is 36.9. The Kier molecular flexibility index (Phi) is 11.4. The summed E-state index contributed by atoms with van der Waals surface area (Å²) >= 11 is 0. The molecule has 0 atom stereocenters. The molecule has 11 heteroatoms. The zero-order chi connectivity index (χ0) is 28.9. The van der Waals surface area contributed by atoms with Crippen LogP contribution in [0.3, 0.4) is 0 Å². The molecule has 2 aromatic carbocycles. The molecule has 0 bridgehead atoms. The van der Waals surface area contributed by atoms with E-state index < -0.39 is 0 Å². The fraction of sp³-hybridized carbons (Fsp3) is 0.400. The molecule has 1 aliphatic heterocycles. The average Bonchev–Trinajstić information content (AvgIpc) is 2.99. The van der Waals surface area contributed by atoms with Crippen molar-refractivity contribution >= 4 is 29.1 Å². The number of anilines is 3. The largest absolute Gasteiger partial charge is 0.494 e. The van der Waals surface area contributed by atoms with Crippen LogP contribution in [0, 0.1) is 0 Å². The second-order valence-electron chi connectivity index (χ2n) is 10.2. The Morgan fingerprint density at radius 1 is 0.878 bits per heavy atom. The maximum absolute atomic E-state index is 12.5. The zero-order valence-electron chi connectivity index (χ0n) is 23.5. The number of rotatable bonds is 14. The van der Waals surface area contributed by atoms with Gasteiger partial charge in [0.1, 0.15) is 5.75 Å². The summed E-state index contributed by atoms with van der Waals surface area (Å²) in [5.74, 6) is 0.908. The topological polar surface area (TPSA) is 132 Å². The van der Waals surface area contributed by atoms with Gasteiger partial charge in [-0.05, 0) is 62.4 Å². The number of hydrogen-bond donors (Lipinski definition) is 4. The highest BCUT2D eigenvalue weighted by atomic mass is 16.5. The lowest BCUT2D eigenvalue weighted by Gasteiger charge is -2.31. The summed E-state index contributed by atoms with van der Waals surface area (Å²) in [7, 11) is 2.10. The van der Waals surface area contributed by atoms with Crippen molar-refractivity contribution in [3.63, 3.8) is 0 Å². The molecule has 0 spiro atoms. The molecule has 2 amide bonds. The Labute approximate surface area is 240 Å². The first kappa shape index (κ1) is 29.9. The van der Waals surface area contributed by atoms with Crippen molar-refractivity contribution in [1.29, 1.82) is 0 Å². The molecule has 0 unspecified atom stereocenters. The lowest BCUT2D eigenvalue weighted by molar-refractivity contribution is -0.129. The normalized spacial score (nSPS) is 13.9. The first-order chi connectivity index (χ1) is 20.0. The van der Waals surface area contributed by atoms with Crippen LogP contribution >= 0.6 is 0 Å². The maximum Gasteiger partial charge on any atom is 0.243 e. The van der Waals surface area contributed by atoms with E-state index in [9.17, 15) is 9.59 Å². The number of nitrogens with one attached hydrogen (secondary N) is 3. The van der Waals surface area contributed by atoms with Gasteiger partial charge in [0.25, 0.3) is 0 Å². The Balaban J connectivity index is 1.21. The van der Waals surface area contributed by atoms with Gasteiger partial charge in [0, 0.05) is 55.7 Å². The lowest BCUT2D eigenvalue weighted by atomic mass is 10.1. The third kappa shape index (κ3) is 10.1. The molecule has 1 saturated heterocycles. The molecule has 41 heavy (non-hydrogen) atoms. The van der Waals surface area contributed by atoms with E-state index in [2.05, 4.69) is 37.4 Å². The summed E-state index contributed by atoms with van der Waals surface area (Å²) in [5.41, 5.74) is 4.94. The summed E-state index contributed by atoms with van der Waals surface area (Å²) in [5, 5.41) is 14.7. The van der Waals surface area contributed by atoms with Crippen molar-refractivity contribution in [2.75, 3.05) is 57.0 Å². The summed E-state index contributed by atoms with van der Waals surface area (Å²) in [6.45, 7) is 4.78.